The summed E-state index contributed by atoms with van der Waals surface area (Å²) in [6.07, 6.45) is 1.23. The van der Waals surface area contributed by atoms with E-state index < -0.39 is 0 Å². The number of carbonyl (C=O) groups is 1. The normalized spacial score (nSPS) is 28.8. The average molecular weight is 172 g/mol. The first-order valence-corrected chi connectivity index (χ1v) is 4.29. The third kappa shape index (κ3) is 2.46. The van der Waals surface area contributed by atoms with Gasteiger partial charge in [0, 0.05) is 19.7 Å². The fourth-order valence-electron chi connectivity index (χ4n) is 1.31. The van der Waals surface area contributed by atoms with E-state index in [9.17, 15) is 4.79 Å². The molecule has 0 spiro atoms. The molecule has 0 aliphatic carbocycles. The van der Waals surface area contributed by atoms with Gasteiger partial charge in [0.05, 0.1) is 12.6 Å². The van der Waals surface area contributed by atoms with E-state index in [-0.39, 0.29) is 12.0 Å². The third-order valence-electron chi connectivity index (χ3n) is 2.18. The summed E-state index contributed by atoms with van der Waals surface area (Å²) in [5.41, 5.74) is 0. The molecule has 0 bridgehead atoms. The molecule has 2 N–H and O–H groups in total. The van der Waals surface area contributed by atoms with Gasteiger partial charge in [0.15, 0.2) is 0 Å². The summed E-state index contributed by atoms with van der Waals surface area (Å²) in [6.45, 7) is 3.20. The Hall–Kier alpha value is -0.610. The summed E-state index contributed by atoms with van der Waals surface area (Å²) in [5, 5.41) is 5.71. The molecule has 1 saturated heterocycles. The molecule has 2 atom stereocenters. The summed E-state index contributed by atoms with van der Waals surface area (Å²) in [6, 6.07) is 0.335. The third-order valence-corrected chi connectivity index (χ3v) is 2.18. The number of likely N-dealkylation sites (N-methyl/N-ethyl adjacent to an activating group) is 1. The zero-order chi connectivity index (χ0) is 8.97. The molecular weight excluding hydrogens is 156 g/mol. The van der Waals surface area contributed by atoms with Crippen molar-refractivity contribution in [2.75, 3.05) is 20.2 Å². The van der Waals surface area contributed by atoms with Gasteiger partial charge < -0.3 is 15.4 Å². The van der Waals surface area contributed by atoms with Crippen LogP contribution in [-0.2, 0) is 9.53 Å². The molecule has 1 fully saturated rings. The molecule has 0 aromatic rings. The lowest BCUT2D eigenvalue weighted by Crippen LogP contribution is -2.41. The number of rotatable bonds is 3. The molecule has 0 saturated carbocycles. The van der Waals surface area contributed by atoms with Gasteiger partial charge in [-0.15, -0.1) is 0 Å². The van der Waals surface area contributed by atoms with E-state index in [4.69, 9.17) is 4.74 Å². The summed E-state index contributed by atoms with van der Waals surface area (Å²) >= 11 is 0. The number of carbonyl (C=O) groups excluding carboxylic acids is 1. The predicted molar refractivity (Wildman–Crippen MR) is 45.9 cm³/mol. The molecule has 0 radical (unpaired) electrons. The highest BCUT2D eigenvalue weighted by Gasteiger charge is 2.23. The Kier molecular flexibility index (Phi) is 3.49. The van der Waals surface area contributed by atoms with Crippen molar-refractivity contribution in [3.8, 4) is 0 Å². The fourth-order valence-corrected chi connectivity index (χ4v) is 1.31. The quantitative estimate of drug-likeness (QED) is 0.603. The van der Waals surface area contributed by atoms with E-state index in [0.29, 0.717) is 12.6 Å². The maximum absolute atomic E-state index is 10.9. The van der Waals surface area contributed by atoms with Crippen LogP contribution >= 0.6 is 0 Å². The Bertz CT molecular complexity index is 161. The van der Waals surface area contributed by atoms with Crippen LogP contribution in [0.25, 0.3) is 0 Å². The molecular formula is C8H16N2O2. The SMILES string of the molecule is CNC(=O)CN[C@@H]1CCO[C@@H]1C. The molecule has 0 aromatic heterocycles. The van der Waals surface area contributed by atoms with Crippen LogP contribution in [0.5, 0.6) is 0 Å². The van der Waals surface area contributed by atoms with E-state index in [1.807, 2.05) is 6.92 Å². The van der Waals surface area contributed by atoms with Gasteiger partial charge in [-0.3, -0.25) is 4.79 Å². The maximum Gasteiger partial charge on any atom is 0.233 e. The summed E-state index contributed by atoms with van der Waals surface area (Å²) in [4.78, 5) is 10.9. The standard InChI is InChI=1S/C8H16N2O2/c1-6-7(3-4-12-6)10-5-8(11)9-2/h6-7,10H,3-5H2,1-2H3,(H,9,11)/t6-,7-/m1/s1. The summed E-state index contributed by atoms with van der Waals surface area (Å²) in [5.74, 6) is 0.0223. The van der Waals surface area contributed by atoms with Crippen LogP contribution in [-0.4, -0.2) is 38.3 Å². The molecule has 4 nitrogen and oxygen atoms in total. The number of amides is 1. The predicted octanol–water partition coefficient (Wildman–Crippen LogP) is -0.501. The van der Waals surface area contributed by atoms with Crippen molar-refractivity contribution in [1.82, 2.24) is 10.6 Å². The van der Waals surface area contributed by atoms with Gasteiger partial charge >= 0.3 is 0 Å². The van der Waals surface area contributed by atoms with E-state index in [1.54, 1.807) is 7.05 Å². The van der Waals surface area contributed by atoms with Gasteiger partial charge in [-0.1, -0.05) is 0 Å². The van der Waals surface area contributed by atoms with Gasteiger partial charge in [0.1, 0.15) is 0 Å². The molecule has 1 amide bonds. The van der Waals surface area contributed by atoms with Gasteiger partial charge in [-0.05, 0) is 13.3 Å². The zero-order valence-corrected chi connectivity index (χ0v) is 7.59. The van der Waals surface area contributed by atoms with Crippen LogP contribution in [0.1, 0.15) is 13.3 Å². The first kappa shape index (κ1) is 9.48. The Labute approximate surface area is 72.7 Å². The number of nitrogens with one attached hydrogen (secondary N) is 2. The minimum Gasteiger partial charge on any atom is -0.377 e. The summed E-state index contributed by atoms with van der Waals surface area (Å²) < 4.78 is 5.34. The second-order valence-electron chi connectivity index (χ2n) is 3.03. The maximum atomic E-state index is 10.9. The molecule has 12 heavy (non-hydrogen) atoms. The Morgan fingerprint density at radius 2 is 2.42 bits per heavy atom. The lowest BCUT2D eigenvalue weighted by atomic mass is 10.1. The first-order chi connectivity index (χ1) is 5.74. The van der Waals surface area contributed by atoms with Crippen molar-refractivity contribution >= 4 is 5.91 Å². The second kappa shape index (κ2) is 4.42. The number of hydrogen-bond donors (Lipinski definition) is 2. The van der Waals surface area contributed by atoms with E-state index in [1.165, 1.54) is 0 Å². The van der Waals surface area contributed by atoms with E-state index >= 15 is 0 Å². The van der Waals surface area contributed by atoms with Crippen LogP contribution in [0.2, 0.25) is 0 Å². The van der Waals surface area contributed by atoms with Crippen molar-refractivity contribution in [2.24, 2.45) is 0 Å². The van der Waals surface area contributed by atoms with E-state index in [0.717, 1.165) is 13.0 Å². The van der Waals surface area contributed by atoms with Crippen molar-refractivity contribution < 1.29 is 9.53 Å². The van der Waals surface area contributed by atoms with Crippen molar-refractivity contribution in [2.45, 2.75) is 25.5 Å². The highest BCUT2D eigenvalue weighted by Crippen LogP contribution is 2.11. The van der Waals surface area contributed by atoms with Crippen LogP contribution < -0.4 is 10.6 Å². The van der Waals surface area contributed by atoms with Crippen molar-refractivity contribution in [3.63, 3.8) is 0 Å². The number of ether oxygens (including phenoxy) is 1. The fraction of sp³-hybridized carbons (Fsp3) is 0.875. The lowest BCUT2D eigenvalue weighted by Gasteiger charge is -2.14. The Morgan fingerprint density at radius 3 is 2.92 bits per heavy atom. The smallest absolute Gasteiger partial charge is 0.233 e. The minimum atomic E-state index is 0.0223. The van der Waals surface area contributed by atoms with Crippen LogP contribution in [0.15, 0.2) is 0 Å². The molecule has 1 aliphatic heterocycles. The average Bonchev–Trinajstić information content (AvgIpc) is 2.47. The Morgan fingerprint density at radius 1 is 1.67 bits per heavy atom. The topological polar surface area (TPSA) is 50.4 Å². The van der Waals surface area contributed by atoms with Crippen LogP contribution in [0.4, 0.5) is 0 Å². The highest BCUT2D eigenvalue weighted by atomic mass is 16.5. The largest absolute Gasteiger partial charge is 0.377 e. The highest BCUT2D eigenvalue weighted by molar-refractivity contribution is 5.77. The zero-order valence-electron chi connectivity index (χ0n) is 7.59. The molecule has 0 unspecified atom stereocenters. The minimum absolute atomic E-state index is 0.0223. The van der Waals surface area contributed by atoms with Gasteiger partial charge in [0.2, 0.25) is 5.91 Å². The van der Waals surface area contributed by atoms with Crippen LogP contribution in [0.3, 0.4) is 0 Å². The first-order valence-electron chi connectivity index (χ1n) is 4.29. The van der Waals surface area contributed by atoms with Gasteiger partial charge in [0.25, 0.3) is 0 Å². The summed E-state index contributed by atoms with van der Waals surface area (Å²) in [7, 11) is 1.64. The van der Waals surface area contributed by atoms with E-state index in [2.05, 4.69) is 10.6 Å². The van der Waals surface area contributed by atoms with Crippen molar-refractivity contribution in [1.29, 1.82) is 0 Å². The molecule has 4 heteroatoms. The van der Waals surface area contributed by atoms with Gasteiger partial charge in [-0.2, -0.15) is 0 Å². The van der Waals surface area contributed by atoms with Gasteiger partial charge in [-0.25, -0.2) is 0 Å². The molecule has 0 aromatic carbocycles. The molecule has 70 valence electrons. The monoisotopic (exact) mass is 172 g/mol. The molecule has 1 aliphatic rings. The van der Waals surface area contributed by atoms with Crippen LogP contribution in [0, 0.1) is 0 Å². The molecule has 1 heterocycles. The number of hydrogen-bond acceptors (Lipinski definition) is 3. The second-order valence-corrected chi connectivity index (χ2v) is 3.03. The van der Waals surface area contributed by atoms with Crippen molar-refractivity contribution in [3.05, 3.63) is 0 Å². The Balaban J connectivity index is 2.18. The lowest BCUT2D eigenvalue weighted by molar-refractivity contribution is -0.119. The molecule has 1 rings (SSSR count).